The van der Waals surface area contributed by atoms with Crippen LogP contribution in [0.15, 0.2) is 23.8 Å². The number of halogens is 1. The first-order chi connectivity index (χ1) is 16.9. The normalized spacial score (nSPS) is 43.1. The lowest BCUT2D eigenvalue weighted by molar-refractivity contribution is -0.204. The molecule has 2 saturated carbocycles. The minimum atomic E-state index is -1.55. The Morgan fingerprint density at radius 2 is 1.83 bits per heavy atom. The van der Waals surface area contributed by atoms with Crippen LogP contribution in [0.3, 0.4) is 0 Å². The molecule has 4 aliphatic carbocycles. The number of aliphatic hydroxyl groups excluding tert-OH is 1. The number of alkyl halides is 1. The van der Waals surface area contributed by atoms with E-state index in [-0.39, 0.29) is 55.1 Å². The summed E-state index contributed by atoms with van der Waals surface area (Å²) in [5.74, 6) is -2.42. The Kier molecular flexibility index (Phi) is 7.06. The van der Waals surface area contributed by atoms with Gasteiger partial charge in [-0.1, -0.05) is 52.3 Å². The Hall–Kier alpha value is -1.99. The van der Waals surface area contributed by atoms with E-state index in [1.165, 1.54) is 0 Å². The van der Waals surface area contributed by atoms with Gasteiger partial charge < -0.3 is 14.6 Å². The summed E-state index contributed by atoms with van der Waals surface area (Å²) >= 11 is 7.00. The lowest BCUT2D eigenvalue weighted by Gasteiger charge is -2.60. The van der Waals surface area contributed by atoms with E-state index in [9.17, 15) is 24.3 Å². The van der Waals surface area contributed by atoms with E-state index < -0.39 is 52.2 Å². The van der Waals surface area contributed by atoms with Gasteiger partial charge in [-0.25, -0.2) is 0 Å². The van der Waals surface area contributed by atoms with Crippen molar-refractivity contribution in [2.24, 2.45) is 34.5 Å². The van der Waals surface area contributed by atoms with Gasteiger partial charge in [0, 0.05) is 41.9 Å². The predicted octanol–water partition coefficient (Wildman–Crippen LogP) is 3.94. The summed E-state index contributed by atoms with van der Waals surface area (Å²) in [6.45, 7) is 8.68. The van der Waals surface area contributed by atoms with E-state index in [2.05, 4.69) is 0 Å². The molecule has 0 aromatic heterocycles. The summed E-state index contributed by atoms with van der Waals surface area (Å²) in [6, 6.07) is 0. The number of hydrogen-bond acceptors (Lipinski definition) is 7. The highest BCUT2D eigenvalue weighted by Crippen LogP contribution is 2.69. The van der Waals surface area contributed by atoms with E-state index >= 15 is 0 Å². The summed E-state index contributed by atoms with van der Waals surface area (Å²) in [5.41, 5.74) is -2.07. The quantitative estimate of drug-likeness (QED) is 0.321. The monoisotopic (exact) mass is 520 g/mol. The number of hydrogen-bond donors (Lipinski definition) is 1. The summed E-state index contributed by atoms with van der Waals surface area (Å²) < 4.78 is 11.3. The SMILES string of the molecule is CCC(=O)OCC(=O)C1(OC(=O)CC)[C@H](C)C[C@H]2[C@H]3[C@H]([C@@H](O)C[C@@]21C)[C@@]1(C)C=CC(=O)CC1=C[C@H]3Cl. The van der Waals surface area contributed by atoms with Crippen LogP contribution < -0.4 is 0 Å². The maximum Gasteiger partial charge on any atom is 0.306 e. The molecular formula is C28H37ClO7. The van der Waals surface area contributed by atoms with Gasteiger partial charge in [0.15, 0.2) is 18.0 Å². The highest BCUT2D eigenvalue weighted by atomic mass is 35.5. The number of ether oxygens (including phenoxy) is 2. The van der Waals surface area contributed by atoms with Gasteiger partial charge in [0.05, 0.1) is 11.5 Å². The Morgan fingerprint density at radius 1 is 1.17 bits per heavy atom. The van der Waals surface area contributed by atoms with Crippen LogP contribution in [0.2, 0.25) is 0 Å². The standard InChI is InChI=1S/C28H37ClO7/c1-6-22(33)35-14-21(32)28(36-23(34)7-2)15(3)10-18-24-19(29)12-16-11-17(30)8-9-26(16,4)25(24)20(31)13-27(18,28)5/h8-9,12,15,18-20,24-25,31H,6-7,10-11,13-14H2,1-5H3/t15-,18+,19-,20+,24-,25+,26+,27+,28?/m1/s1. The lowest BCUT2D eigenvalue weighted by atomic mass is 9.46. The maximum absolute atomic E-state index is 13.9. The summed E-state index contributed by atoms with van der Waals surface area (Å²) in [5, 5.41) is 11.3. The van der Waals surface area contributed by atoms with Crippen LogP contribution in [-0.4, -0.2) is 52.3 Å². The topological polar surface area (TPSA) is 107 Å². The minimum absolute atomic E-state index is 0.0170. The van der Waals surface area contributed by atoms with Crippen molar-refractivity contribution in [1.82, 2.24) is 0 Å². The molecule has 1 N–H and O–H groups in total. The van der Waals surface area contributed by atoms with Gasteiger partial charge in [-0.2, -0.15) is 0 Å². The van der Waals surface area contributed by atoms with Gasteiger partial charge in [-0.15, -0.1) is 11.6 Å². The van der Waals surface area contributed by atoms with Crippen molar-refractivity contribution in [2.75, 3.05) is 6.61 Å². The number of carbonyl (C=O) groups is 4. The molecule has 0 radical (unpaired) electrons. The van der Waals surface area contributed by atoms with Crippen molar-refractivity contribution >= 4 is 35.1 Å². The number of allylic oxidation sites excluding steroid dienone is 4. The molecule has 7 nitrogen and oxygen atoms in total. The van der Waals surface area contributed by atoms with E-state index in [4.69, 9.17) is 21.1 Å². The fraction of sp³-hybridized carbons (Fsp3) is 0.714. The number of aliphatic hydroxyl groups is 1. The average Bonchev–Trinajstić information content (AvgIpc) is 3.04. The summed E-state index contributed by atoms with van der Waals surface area (Å²) in [4.78, 5) is 50.6. The zero-order valence-corrected chi connectivity index (χ0v) is 22.5. The van der Waals surface area contributed by atoms with Gasteiger partial charge in [0.1, 0.15) is 0 Å². The highest BCUT2D eigenvalue weighted by molar-refractivity contribution is 6.22. The number of fused-ring (bicyclic) bond motifs is 5. The third-order valence-electron chi connectivity index (χ3n) is 9.62. The van der Waals surface area contributed by atoms with E-state index in [1.54, 1.807) is 19.9 Å². The number of ketones is 2. The molecule has 0 amide bonds. The molecule has 0 aromatic carbocycles. The van der Waals surface area contributed by atoms with Crippen molar-refractivity contribution in [2.45, 2.75) is 83.8 Å². The van der Waals surface area contributed by atoms with Gasteiger partial charge in [-0.05, 0) is 30.8 Å². The molecule has 8 heteroatoms. The molecule has 2 fully saturated rings. The first-order valence-electron chi connectivity index (χ1n) is 13.0. The summed E-state index contributed by atoms with van der Waals surface area (Å²) in [7, 11) is 0. The van der Waals surface area contributed by atoms with E-state index in [0.29, 0.717) is 6.42 Å². The molecule has 4 rings (SSSR count). The Labute approximate surface area is 217 Å². The molecule has 4 aliphatic rings. The van der Waals surface area contributed by atoms with Crippen LogP contribution in [0.4, 0.5) is 0 Å². The average molecular weight is 521 g/mol. The van der Waals surface area contributed by atoms with Crippen molar-refractivity contribution in [3.8, 4) is 0 Å². The Bertz CT molecular complexity index is 1030. The smallest absolute Gasteiger partial charge is 0.306 e. The minimum Gasteiger partial charge on any atom is -0.457 e. The molecule has 9 atom stereocenters. The zero-order valence-electron chi connectivity index (χ0n) is 21.7. The second-order valence-electron chi connectivity index (χ2n) is 11.4. The lowest BCUT2D eigenvalue weighted by Crippen LogP contribution is -2.65. The first kappa shape index (κ1) is 27.1. The van der Waals surface area contributed by atoms with Crippen LogP contribution in [0.5, 0.6) is 0 Å². The van der Waals surface area contributed by atoms with Crippen molar-refractivity contribution < 1.29 is 33.8 Å². The van der Waals surface area contributed by atoms with Crippen LogP contribution >= 0.6 is 11.6 Å². The number of esters is 2. The predicted molar refractivity (Wildman–Crippen MR) is 133 cm³/mol. The van der Waals surface area contributed by atoms with Crippen LogP contribution in [0.25, 0.3) is 0 Å². The Morgan fingerprint density at radius 3 is 2.47 bits per heavy atom. The Balaban J connectivity index is 1.80. The van der Waals surface area contributed by atoms with Crippen LogP contribution in [0, 0.1) is 34.5 Å². The van der Waals surface area contributed by atoms with Gasteiger partial charge in [-0.3, -0.25) is 19.2 Å². The number of carbonyl (C=O) groups excluding carboxylic acids is 4. The largest absolute Gasteiger partial charge is 0.457 e. The molecule has 0 spiro atoms. The third kappa shape index (κ3) is 3.80. The fourth-order valence-corrected chi connectivity index (χ4v) is 8.45. The second kappa shape index (κ2) is 9.39. The summed E-state index contributed by atoms with van der Waals surface area (Å²) in [6.07, 6.45) is 5.90. The first-order valence-corrected chi connectivity index (χ1v) is 13.5. The zero-order chi connectivity index (χ0) is 26.6. The van der Waals surface area contributed by atoms with Gasteiger partial charge in [0.25, 0.3) is 0 Å². The van der Waals surface area contributed by atoms with Crippen molar-refractivity contribution in [3.05, 3.63) is 23.8 Å². The van der Waals surface area contributed by atoms with Crippen molar-refractivity contribution in [1.29, 1.82) is 0 Å². The molecule has 0 saturated heterocycles. The molecular weight excluding hydrogens is 484 g/mol. The maximum atomic E-state index is 13.9. The van der Waals surface area contributed by atoms with Gasteiger partial charge in [0.2, 0.25) is 5.78 Å². The van der Waals surface area contributed by atoms with Crippen LogP contribution in [-0.2, 0) is 28.7 Å². The molecule has 0 bridgehead atoms. The molecule has 0 heterocycles. The van der Waals surface area contributed by atoms with E-state index in [1.807, 2.05) is 32.9 Å². The third-order valence-corrected chi connectivity index (χ3v) is 10.0. The molecule has 1 unspecified atom stereocenters. The number of Topliss-reactive ketones (excluding diaryl/α,β-unsaturated/α-hetero) is 1. The van der Waals surface area contributed by atoms with Gasteiger partial charge >= 0.3 is 11.9 Å². The number of rotatable bonds is 6. The molecule has 198 valence electrons. The molecule has 36 heavy (non-hydrogen) atoms. The fourth-order valence-electron chi connectivity index (χ4n) is 7.97. The second-order valence-corrected chi connectivity index (χ2v) is 11.9. The molecule has 0 aliphatic heterocycles. The molecule has 0 aromatic rings. The van der Waals surface area contributed by atoms with Crippen molar-refractivity contribution in [3.63, 3.8) is 0 Å². The highest BCUT2D eigenvalue weighted by Gasteiger charge is 2.73. The van der Waals surface area contributed by atoms with E-state index in [0.717, 1.165) is 5.57 Å². The van der Waals surface area contributed by atoms with Crippen LogP contribution in [0.1, 0.15) is 66.7 Å².